The Labute approximate surface area is 133 Å². The molecule has 22 heavy (non-hydrogen) atoms. The molecule has 6 heteroatoms. The molecule has 1 fully saturated rings. The third kappa shape index (κ3) is 3.82. The van der Waals surface area contributed by atoms with Crippen LogP contribution in [0.15, 0.2) is 29.6 Å². The molecule has 1 aliphatic heterocycles. The molecule has 3 rings (SSSR count). The fourth-order valence-electron chi connectivity index (χ4n) is 2.56. The van der Waals surface area contributed by atoms with E-state index in [-0.39, 0.29) is 12.0 Å². The summed E-state index contributed by atoms with van der Waals surface area (Å²) in [5.41, 5.74) is 0.865. The Kier molecular flexibility index (Phi) is 4.68. The third-order valence-corrected chi connectivity index (χ3v) is 4.57. The van der Waals surface area contributed by atoms with E-state index in [1.54, 1.807) is 11.3 Å². The number of thiophene rings is 1. The SMILES string of the molecule is Cc1ccc(OC2CCCN(C(=O)Cc3cccs3)C2)nn1. The van der Waals surface area contributed by atoms with Crippen molar-refractivity contribution in [2.75, 3.05) is 13.1 Å². The zero-order valence-corrected chi connectivity index (χ0v) is 13.4. The van der Waals surface area contributed by atoms with Crippen LogP contribution in [0.1, 0.15) is 23.4 Å². The maximum absolute atomic E-state index is 12.4. The highest BCUT2D eigenvalue weighted by Crippen LogP contribution is 2.18. The minimum absolute atomic E-state index is 0.00181. The standard InChI is InChI=1S/C16H19N3O2S/c1-12-6-7-15(18-17-12)21-13-4-2-8-19(11-13)16(20)10-14-5-3-9-22-14/h3,5-7,9,13H,2,4,8,10-11H2,1H3. The number of aromatic nitrogens is 2. The highest BCUT2D eigenvalue weighted by molar-refractivity contribution is 7.10. The van der Waals surface area contributed by atoms with Crippen LogP contribution in [-0.4, -0.2) is 40.2 Å². The van der Waals surface area contributed by atoms with Crippen LogP contribution >= 0.6 is 11.3 Å². The molecule has 1 unspecified atom stereocenters. The fourth-order valence-corrected chi connectivity index (χ4v) is 3.25. The molecule has 2 aromatic rings. The van der Waals surface area contributed by atoms with Crippen molar-refractivity contribution in [3.8, 4) is 5.88 Å². The molecular weight excluding hydrogens is 298 g/mol. The summed E-state index contributed by atoms with van der Waals surface area (Å²) in [6.45, 7) is 3.33. The Bertz CT molecular complexity index is 613. The molecule has 1 amide bonds. The van der Waals surface area contributed by atoms with E-state index < -0.39 is 0 Å². The second kappa shape index (κ2) is 6.87. The Morgan fingerprint density at radius 1 is 1.41 bits per heavy atom. The number of likely N-dealkylation sites (tertiary alicyclic amines) is 1. The summed E-state index contributed by atoms with van der Waals surface area (Å²) in [4.78, 5) is 15.4. The predicted molar refractivity (Wildman–Crippen MR) is 85.0 cm³/mol. The van der Waals surface area contributed by atoms with Crippen molar-refractivity contribution in [3.05, 3.63) is 40.2 Å². The molecular formula is C16H19N3O2S. The van der Waals surface area contributed by atoms with E-state index in [4.69, 9.17) is 4.74 Å². The third-order valence-electron chi connectivity index (χ3n) is 3.70. The normalized spacial score (nSPS) is 18.2. The van der Waals surface area contributed by atoms with Crippen molar-refractivity contribution in [2.45, 2.75) is 32.3 Å². The molecule has 1 saturated heterocycles. The molecule has 5 nitrogen and oxygen atoms in total. The Balaban J connectivity index is 1.56. The topological polar surface area (TPSA) is 55.3 Å². The van der Waals surface area contributed by atoms with Gasteiger partial charge in [0.05, 0.1) is 18.7 Å². The van der Waals surface area contributed by atoms with E-state index in [0.717, 1.165) is 30.0 Å². The summed E-state index contributed by atoms with van der Waals surface area (Å²) < 4.78 is 5.86. The first kappa shape index (κ1) is 15.0. The van der Waals surface area contributed by atoms with Gasteiger partial charge in [0, 0.05) is 17.5 Å². The lowest BCUT2D eigenvalue weighted by atomic mass is 10.1. The number of aryl methyl sites for hydroxylation is 1. The number of carbonyl (C=O) groups is 1. The van der Waals surface area contributed by atoms with Crippen LogP contribution in [0.3, 0.4) is 0 Å². The van der Waals surface area contributed by atoms with E-state index in [9.17, 15) is 4.79 Å². The number of piperidine rings is 1. The van der Waals surface area contributed by atoms with Gasteiger partial charge in [0.2, 0.25) is 11.8 Å². The lowest BCUT2D eigenvalue weighted by Gasteiger charge is -2.32. The van der Waals surface area contributed by atoms with Crippen molar-refractivity contribution in [1.82, 2.24) is 15.1 Å². The molecule has 116 valence electrons. The zero-order valence-electron chi connectivity index (χ0n) is 12.6. The van der Waals surface area contributed by atoms with Gasteiger partial charge in [-0.2, -0.15) is 5.10 Å². The van der Waals surface area contributed by atoms with Gasteiger partial charge in [0.1, 0.15) is 6.10 Å². The number of carbonyl (C=O) groups excluding carboxylic acids is 1. The van der Waals surface area contributed by atoms with Crippen LogP contribution in [0.25, 0.3) is 0 Å². The number of hydrogen-bond acceptors (Lipinski definition) is 5. The number of rotatable bonds is 4. The number of hydrogen-bond donors (Lipinski definition) is 0. The van der Waals surface area contributed by atoms with Gasteiger partial charge in [-0.05, 0) is 37.3 Å². The first-order valence-electron chi connectivity index (χ1n) is 7.48. The van der Waals surface area contributed by atoms with Crippen molar-refractivity contribution < 1.29 is 9.53 Å². The van der Waals surface area contributed by atoms with Gasteiger partial charge in [-0.25, -0.2) is 0 Å². The van der Waals surface area contributed by atoms with Crippen molar-refractivity contribution in [2.24, 2.45) is 0 Å². The van der Waals surface area contributed by atoms with Gasteiger partial charge in [0.15, 0.2) is 0 Å². The zero-order chi connectivity index (χ0) is 15.4. The maximum atomic E-state index is 12.4. The second-order valence-electron chi connectivity index (χ2n) is 5.49. The molecule has 0 aliphatic carbocycles. The van der Waals surface area contributed by atoms with Crippen molar-refractivity contribution in [1.29, 1.82) is 0 Å². The second-order valence-corrected chi connectivity index (χ2v) is 6.52. The number of ether oxygens (including phenoxy) is 1. The Morgan fingerprint density at radius 2 is 2.32 bits per heavy atom. The average Bonchev–Trinajstić information content (AvgIpc) is 3.03. The summed E-state index contributed by atoms with van der Waals surface area (Å²) in [6, 6.07) is 7.69. The average molecular weight is 317 g/mol. The predicted octanol–water partition coefficient (Wildman–Crippen LogP) is 2.46. The van der Waals surface area contributed by atoms with E-state index in [2.05, 4.69) is 10.2 Å². The minimum Gasteiger partial charge on any atom is -0.471 e. The van der Waals surface area contributed by atoms with E-state index >= 15 is 0 Å². The van der Waals surface area contributed by atoms with Crippen molar-refractivity contribution >= 4 is 17.2 Å². The van der Waals surface area contributed by atoms with Gasteiger partial charge in [-0.3, -0.25) is 4.79 Å². The monoisotopic (exact) mass is 317 g/mol. The molecule has 0 saturated carbocycles. The van der Waals surface area contributed by atoms with Crippen LogP contribution < -0.4 is 4.74 Å². The van der Waals surface area contributed by atoms with Gasteiger partial charge in [0.25, 0.3) is 0 Å². The van der Waals surface area contributed by atoms with E-state index in [0.29, 0.717) is 18.8 Å². The molecule has 0 N–H and O–H groups in total. The Morgan fingerprint density at radius 3 is 3.05 bits per heavy atom. The van der Waals surface area contributed by atoms with E-state index in [1.807, 2.05) is 41.5 Å². The smallest absolute Gasteiger partial charge is 0.233 e. The van der Waals surface area contributed by atoms with Gasteiger partial charge in [-0.1, -0.05) is 6.07 Å². The fraction of sp³-hybridized carbons (Fsp3) is 0.438. The molecule has 0 spiro atoms. The number of amides is 1. The summed E-state index contributed by atoms with van der Waals surface area (Å²) in [5, 5.41) is 10.0. The molecule has 1 aliphatic rings. The van der Waals surface area contributed by atoms with E-state index in [1.165, 1.54) is 0 Å². The highest BCUT2D eigenvalue weighted by Gasteiger charge is 2.25. The number of nitrogens with zero attached hydrogens (tertiary/aromatic N) is 3. The summed E-state index contributed by atoms with van der Waals surface area (Å²) in [7, 11) is 0. The summed E-state index contributed by atoms with van der Waals surface area (Å²) in [5.74, 6) is 0.703. The molecule has 2 aromatic heterocycles. The van der Waals surface area contributed by atoms with Gasteiger partial charge >= 0.3 is 0 Å². The van der Waals surface area contributed by atoms with Crippen LogP contribution in [0.2, 0.25) is 0 Å². The largest absolute Gasteiger partial charge is 0.471 e. The maximum Gasteiger partial charge on any atom is 0.233 e. The van der Waals surface area contributed by atoms with Gasteiger partial charge < -0.3 is 9.64 Å². The van der Waals surface area contributed by atoms with Gasteiger partial charge in [-0.15, -0.1) is 16.4 Å². The molecule has 0 aromatic carbocycles. The van der Waals surface area contributed by atoms with Crippen LogP contribution in [0.5, 0.6) is 5.88 Å². The van der Waals surface area contributed by atoms with Crippen LogP contribution in [0, 0.1) is 6.92 Å². The quantitative estimate of drug-likeness (QED) is 0.869. The molecule has 0 bridgehead atoms. The summed E-state index contributed by atoms with van der Waals surface area (Å²) in [6.07, 6.45) is 2.38. The molecule has 0 radical (unpaired) electrons. The first-order valence-corrected chi connectivity index (χ1v) is 8.36. The molecule has 1 atom stereocenters. The highest BCUT2D eigenvalue weighted by atomic mass is 32.1. The van der Waals surface area contributed by atoms with Crippen molar-refractivity contribution in [3.63, 3.8) is 0 Å². The lowest BCUT2D eigenvalue weighted by Crippen LogP contribution is -2.45. The lowest BCUT2D eigenvalue weighted by molar-refractivity contribution is -0.133. The van der Waals surface area contributed by atoms with Crippen LogP contribution in [-0.2, 0) is 11.2 Å². The Hall–Kier alpha value is -1.95. The molecule has 3 heterocycles. The first-order chi connectivity index (χ1) is 10.7. The summed E-state index contributed by atoms with van der Waals surface area (Å²) >= 11 is 1.62. The van der Waals surface area contributed by atoms with Crippen LogP contribution in [0.4, 0.5) is 0 Å². The minimum atomic E-state index is -0.00181.